The number of hydrogen-bond donors (Lipinski definition) is 2. The van der Waals surface area contributed by atoms with Gasteiger partial charge in [-0.05, 0) is 74.2 Å². The number of anilines is 2. The lowest BCUT2D eigenvalue weighted by Gasteiger charge is -2.11. The summed E-state index contributed by atoms with van der Waals surface area (Å²) in [5.41, 5.74) is 4.87. The Morgan fingerprint density at radius 3 is 2.59 bits per heavy atom. The van der Waals surface area contributed by atoms with E-state index in [1.54, 1.807) is 18.2 Å². The third-order valence-electron chi connectivity index (χ3n) is 4.07. The smallest absolute Gasteiger partial charge is 0.261 e. The van der Waals surface area contributed by atoms with Crippen molar-refractivity contribution in [2.45, 2.75) is 38.1 Å². The molecular formula is C17H20N2O2S. The summed E-state index contributed by atoms with van der Waals surface area (Å²) >= 11 is 0. The second-order valence-corrected chi connectivity index (χ2v) is 7.66. The lowest BCUT2D eigenvalue weighted by atomic mass is 10.1. The van der Waals surface area contributed by atoms with Crippen LogP contribution in [0.2, 0.25) is 0 Å². The number of sulfonamides is 1. The van der Waals surface area contributed by atoms with Crippen LogP contribution < -0.4 is 10.0 Å². The van der Waals surface area contributed by atoms with Crippen LogP contribution in [0.1, 0.15) is 23.6 Å². The van der Waals surface area contributed by atoms with Gasteiger partial charge in [0.1, 0.15) is 0 Å². The predicted molar refractivity (Wildman–Crippen MR) is 90.0 cm³/mol. The normalized spacial score (nSPS) is 17.0. The molecule has 0 aromatic heterocycles. The van der Waals surface area contributed by atoms with E-state index in [1.807, 2.05) is 32.0 Å². The van der Waals surface area contributed by atoms with Gasteiger partial charge in [-0.15, -0.1) is 0 Å². The van der Waals surface area contributed by atoms with Crippen molar-refractivity contribution in [3.63, 3.8) is 0 Å². The van der Waals surface area contributed by atoms with Crippen molar-refractivity contribution in [3.8, 4) is 0 Å². The van der Waals surface area contributed by atoms with Crippen LogP contribution in [0.3, 0.4) is 0 Å². The summed E-state index contributed by atoms with van der Waals surface area (Å²) in [6.07, 6.45) is 0.850. The first kappa shape index (κ1) is 14.9. The number of rotatable bonds is 3. The number of aryl methyl sites for hydroxylation is 2. The topological polar surface area (TPSA) is 58.2 Å². The highest BCUT2D eigenvalue weighted by Crippen LogP contribution is 2.29. The predicted octanol–water partition coefficient (Wildman–Crippen LogP) is 3.46. The SMILES string of the molecule is Cc1ccc(NS(=O)(=O)c2ccc3c(c2)CC(C)N3)cc1C. The summed E-state index contributed by atoms with van der Waals surface area (Å²) < 4.78 is 27.8. The molecule has 0 fully saturated rings. The molecule has 0 spiro atoms. The fraction of sp³-hybridized carbons (Fsp3) is 0.294. The molecule has 0 saturated heterocycles. The Morgan fingerprint density at radius 2 is 1.86 bits per heavy atom. The summed E-state index contributed by atoms with van der Waals surface area (Å²) in [6, 6.07) is 11.2. The highest BCUT2D eigenvalue weighted by molar-refractivity contribution is 7.92. The molecule has 5 heteroatoms. The van der Waals surface area contributed by atoms with Gasteiger partial charge in [0.15, 0.2) is 0 Å². The van der Waals surface area contributed by atoms with Gasteiger partial charge in [-0.1, -0.05) is 6.07 Å². The quantitative estimate of drug-likeness (QED) is 0.911. The van der Waals surface area contributed by atoms with Gasteiger partial charge >= 0.3 is 0 Å². The molecule has 0 bridgehead atoms. The van der Waals surface area contributed by atoms with Gasteiger partial charge in [0.25, 0.3) is 10.0 Å². The van der Waals surface area contributed by atoms with E-state index in [1.165, 1.54) is 0 Å². The van der Waals surface area contributed by atoms with E-state index in [-0.39, 0.29) is 0 Å². The maximum atomic E-state index is 12.5. The fourth-order valence-electron chi connectivity index (χ4n) is 2.71. The van der Waals surface area contributed by atoms with Gasteiger partial charge < -0.3 is 5.32 Å². The lowest BCUT2D eigenvalue weighted by Crippen LogP contribution is -2.13. The van der Waals surface area contributed by atoms with Gasteiger partial charge in [0.2, 0.25) is 0 Å². The summed E-state index contributed by atoms with van der Waals surface area (Å²) in [5, 5.41) is 3.32. The van der Waals surface area contributed by atoms with Crippen molar-refractivity contribution < 1.29 is 8.42 Å². The second-order valence-electron chi connectivity index (χ2n) is 5.97. The maximum Gasteiger partial charge on any atom is 0.261 e. The molecule has 4 nitrogen and oxygen atoms in total. The molecule has 116 valence electrons. The Kier molecular flexibility index (Phi) is 3.60. The number of fused-ring (bicyclic) bond motifs is 1. The molecule has 2 aromatic rings. The van der Waals surface area contributed by atoms with Gasteiger partial charge in [-0.2, -0.15) is 0 Å². The Labute approximate surface area is 131 Å². The Bertz CT molecular complexity index is 829. The van der Waals surface area contributed by atoms with Crippen LogP contribution in [-0.2, 0) is 16.4 Å². The first-order valence-electron chi connectivity index (χ1n) is 7.35. The van der Waals surface area contributed by atoms with E-state index in [0.717, 1.165) is 28.8 Å². The van der Waals surface area contributed by atoms with Crippen LogP contribution in [0.25, 0.3) is 0 Å². The summed E-state index contributed by atoms with van der Waals surface area (Å²) in [7, 11) is -3.56. The van der Waals surface area contributed by atoms with Crippen LogP contribution in [0.5, 0.6) is 0 Å². The third kappa shape index (κ3) is 2.81. The molecule has 1 atom stereocenters. The van der Waals surface area contributed by atoms with E-state index in [4.69, 9.17) is 0 Å². The molecule has 0 radical (unpaired) electrons. The fourth-order valence-corrected chi connectivity index (χ4v) is 3.81. The van der Waals surface area contributed by atoms with Gasteiger partial charge in [0, 0.05) is 17.4 Å². The molecule has 0 saturated carbocycles. The minimum atomic E-state index is -3.56. The average molecular weight is 316 g/mol. The molecule has 2 N–H and O–H groups in total. The van der Waals surface area contributed by atoms with Crippen LogP contribution in [0.4, 0.5) is 11.4 Å². The zero-order chi connectivity index (χ0) is 15.9. The molecule has 2 aromatic carbocycles. The van der Waals surface area contributed by atoms with Crippen LogP contribution in [-0.4, -0.2) is 14.5 Å². The Morgan fingerprint density at radius 1 is 1.09 bits per heavy atom. The molecule has 0 aliphatic carbocycles. The standard InChI is InChI=1S/C17H20N2O2S/c1-11-4-5-15(8-12(11)2)19-22(20,21)16-6-7-17-14(10-16)9-13(3)18-17/h4-8,10,13,18-19H,9H2,1-3H3. The largest absolute Gasteiger partial charge is 0.382 e. The van der Waals surface area contributed by atoms with Crippen molar-refractivity contribution in [1.82, 2.24) is 0 Å². The zero-order valence-corrected chi connectivity index (χ0v) is 13.8. The first-order valence-corrected chi connectivity index (χ1v) is 8.83. The number of hydrogen-bond acceptors (Lipinski definition) is 3. The van der Waals surface area contributed by atoms with Crippen molar-refractivity contribution in [1.29, 1.82) is 0 Å². The lowest BCUT2D eigenvalue weighted by molar-refractivity contribution is 0.601. The van der Waals surface area contributed by atoms with Crippen LogP contribution >= 0.6 is 0 Å². The van der Waals surface area contributed by atoms with Crippen LogP contribution in [0.15, 0.2) is 41.3 Å². The number of benzene rings is 2. The van der Waals surface area contributed by atoms with Crippen LogP contribution in [0, 0.1) is 13.8 Å². The van der Waals surface area contributed by atoms with Gasteiger partial charge in [0.05, 0.1) is 4.90 Å². The minimum absolute atomic E-state index is 0.306. The minimum Gasteiger partial charge on any atom is -0.382 e. The molecule has 1 aliphatic heterocycles. The summed E-state index contributed by atoms with van der Waals surface area (Å²) in [5.74, 6) is 0. The van der Waals surface area contributed by atoms with Crippen molar-refractivity contribution in [3.05, 3.63) is 53.1 Å². The first-order chi connectivity index (χ1) is 10.3. The molecule has 1 aliphatic rings. The van der Waals surface area contributed by atoms with E-state index in [0.29, 0.717) is 16.6 Å². The highest BCUT2D eigenvalue weighted by atomic mass is 32.2. The second kappa shape index (κ2) is 5.32. The van der Waals surface area contributed by atoms with E-state index < -0.39 is 10.0 Å². The molecule has 1 heterocycles. The maximum absolute atomic E-state index is 12.5. The Hall–Kier alpha value is -2.01. The molecule has 0 amide bonds. The van der Waals surface area contributed by atoms with Crippen molar-refractivity contribution in [2.75, 3.05) is 10.0 Å². The summed E-state index contributed by atoms with van der Waals surface area (Å²) in [4.78, 5) is 0.306. The van der Waals surface area contributed by atoms with E-state index >= 15 is 0 Å². The van der Waals surface area contributed by atoms with Gasteiger partial charge in [-0.25, -0.2) is 8.42 Å². The molecule has 3 rings (SSSR count). The van der Waals surface area contributed by atoms with Crippen molar-refractivity contribution >= 4 is 21.4 Å². The monoisotopic (exact) mass is 316 g/mol. The molecular weight excluding hydrogens is 296 g/mol. The average Bonchev–Trinajstić information content (AvgIpc) is 2.81. The zero-order valence-electron chi connectivity index (χ0n) is 13.0. The summed E-state index contributed by atoms with van der Waals surface area (Å²) in [6.45, 7) is 6.05. The number of nitrogens with one attached hydrogen (secondary N) is 2. The molecule has 22 heavy (non-hydrogen) atoms. The van der Waals surface area contributed by atoms with Gasteiger partial charge in [-0.3, -0.25) is 4.72 Å². The molecule has 1 unspecified atom stereocenters. The third-order valence-corrected chi connectivity index (χ3v) is 5.45. The Balaban J connectivity index is 1.90. The highest BCUT2D eigenvalue weighted by Gasteiger charge is 2.21. The van der Waals surface area contributed by atoms with E-state index in [2.05, 4.69) is 17.0 Å². The van der Waals surface area contributed by atoms with E-state index in [9.17, 15) is 8.42 Å². The van der Waals surface area contributed by atoms with Crippen molar-refractivity contribution in [2.24, 2.45) is 0 Å².